The zero-order valence-electron chi connectivity index (χ0n) is 16.0. The highest BCUT2D eigenvalue weighted by Crippen LogP contribution is 2.26. The summed E-state index contributed by atoms with van der Waals surface area (Å²) in [6.07, 6.45) is -1.19. The molecule has 11 heteroatoms. The average Bonchev–Trinajstić information content (AvgIpc) is 2.73. The molecule has 30 heavy (non-hydrogen) atoms. The number of nitrogens with one attached hydrogen (secondary N) is 2. The zero-order chi connectivity index (χ0) is 22.3. The first-order valence-electron chi connectivity index (χ1n) is 8.57. The van der Waals surface area contributed by atoms with Gasteiger partial charge in [0.25, 0.3) is 17.5 Å². The molecule has 2 rings (SSSR count). The average molecular weight is 436 g/mol. The minimum absolute atomic E-state index is 0.0390. The Morgan fingerprint density at radius 1 is 1.17 bits per heavy atom. The molecule has 10 nitrogen and oxygen atoms in total. The number of carbonyl (C=O) groups is 3. The SMILES string of the molecule is COc1ccc(C(=O)NCC(=O)OC(C)C(=O)Nc2ccc([N+](=O)[O-])cc2Cl)cc1. The molecule has 2 amide bonds. The van der Waals surface area contributed by atoms with Crippen LogP contribution >= 0.6 is 11.6 Å². The van der Waals surface area contributed by atoms with Gasteiger partial charge in [0.15, 0.2) is 6.10 Å². The van der Waals surface area contributed by atoms with Crippen molar-refractivity contribution in [3.05, 3.63) is 63.2 Å². The first-order valence-corrected chi connectivity index (χ1v) is 8.95. The zero-order valence-corrected chi connectivity index (χ0v) is 16.8. The monoisotopic (exact) mass is 435 g/mol. The lowest BCUT2D eigenvalue weighted by atomic mass is 10.2. The predicted molar refractivity (Wildman–Crippen MR) is 108 cm³/mol. The number of rotatable bonds is 8. The van der Waals surface area contributed by atoms with E-state index in [-0.39, 0.29) is 16.4 Å². The van der Waals surface area contributed by atoms with Gasteiger partial charge in [-0.1, -0.05) is 11.6 Å². The molecule has 0 saturated heterocycles. The van der Waals surface area contributed by atoms with Crippen LogP contribution < -0.4 is 15.4 Å². The molecule has 0 spiro atoms. The van der Waals surface area contributed by atoms with Crippen LogP contribution in [0.4, 0.5) is 11.4 Å². The van der Waals surface area contributed by atoms with Crippen LogP contribution in [0.3, 0.4) is 0 Å². The maximum atomic E-state index is 12.2. The van der Waals surface area contributed by atoms with Crippen molar-refractivity contribution in [1.29, 1.82) is 0 Å². The molecule has 0 fully saturated rings. The number of hydrogen-bond acceptors (Lipinski definition) is 7. The van der Waals surface area contributed by atoms with Crippen molar-refractivity contribution in [2.45, 2.75) is 13.0 Å². The topological polar surface area (TPSA) is 137 Å². The number of nitro benzene ring substituents is 1. The molecule has 2 aromatic carbocycles. The van der Waals surface area contributed by atoms with Gasteiger partial charge in [0, 0.05) is 17.7 Å². The summed E-state index contributed by atoms with van der Waals surface area (Å²) < 4.78 is 9.97. The molecular formula is C19H18ClN3O7. The molecule has 1 unspecified atom stereocenters. The van der Waals surface area contributed by atoms with Crippen molar-refractivity contribution in [1.82, 2.24) is 5.32 Å². The quantitative estimate of drug-likeness (QED) is 0.369. The van der Waals surface area contributed by atoms with Crippen LogP contribution in [0.25, 0.3) is 0 Å². The summed E-state index contributed by atoms with van der Waals surface area (Å²) in [5.41, 5.74) is 0.218. The van der Waals surface area contributed by atoms with Gasteiger partial charge in [-0.15, -0.1) is 0 Å². The summed E-state index contributed by atoms with van der Waals surface area (Å²) >= 11 is 5.91. The molecule has 2 N–H and O–H groups in total. The van der Waals surface area contributed by atoms with Crippen molar-refractivity contribution in [2.75, 3.05) is 19.0 Å². The Hall–Kier alpha value is -3.66. The van der Waals surface area contributed by atoms with Crippen LogP contribution in [-0.4, -0.2) is 42.5 Å². The van der Waals surface area contributed by atoms with Gasteiger partial charge in [0.2, 0.25) is 0 Å². The largest absolute Gasteiger partial charge is 0.497 e. The van der Waals surface area contributed by atoms with Crippen molar-refractivity contribution >= 4 is 40.8 Å². The third-order valence-corrected chi connectivity index (χ3v) is 4.16. The summed E-state index contributed by atoms with van der Waals surface area (Å²) in [5.74, 6) is -1.43. The number of non-ortho nitro benzene ring substituents is 1. The van der Waals surface area contributed by atoms with Crippen LogP contribution in [-0.2, 0) is 14.3 Å². The fourth-order valence-corrected chi connectivity index (χ4v) is 2.46. The number of ether oxygens (including phenoxy) is 2. The number of hydrogen-bond donors (Lipinski definition) is 2. The molecule has 0 saturated carbocycles. The smallest absolute Gasteiger partial charge is 0.326 e. The van der Waals surface area contributed by atoms with Crippen molar-refractivity contribution in [3.63, 3.8) is 0 Å². The molecule has 2 aromatic rings. The van der Waals surface area contributed by atoms with E-state index in [0.29, 0.717) is 11.3 Å². The molecule has 0 aliphatic heterocycles. The number of nitro groups is 1. The van der Waals surface area contributed by atoms with E-state index in [1.54, 1.807) is 12.1 Å². The number of halogens is 1. The third-order valence-electron chi connectivity index (χ3n) is 3.84. The molecule has 158 valence electrons. The molecule has 0 aliphatic carbocycles. The molecule has 0 aliphatic rings. The second kappa shape index (κ2) is 10.2. The minimum Gasteiger partial charge on any atom is -0.497 e. The second-order valence-electron chi connectivity index (χ2n) is 5.95. The van der Waals surface area contributed by atoms with Gasteiger partial charge in [-0.3, -0.25) is 24.5 Å². The van der Waals surface area contributed by atoms with Crippen LogP contribution in [0.1, 0.15) is 17.3 Å². The fourth-order valence-electron chi connectivity index (χ4n) is 2.24. The number of nitrogens with zero attached hydrogens (tertiary/aromatic N) is 1. The Balaban J connectivity index is 1.85. The standard InChI is InChI=1S/C19H18ClN3O7/c1-11(18(25)22-16-8-5-13(23(27)28)9-15(16)20)30-17(24)10-21-19(26)12-3-6-14(29-2)7-4-12/h3-9,11H,10H2,1-2H3,(H,21,26)(H,22,25). The lowest BCUT2D eigenvalue weighted by Crippen LogP contribution is -2.35. The van der Waals surface area contributed by atoms with E-state index < -0.39 is 35.4 Å². The van der Waals surface area contributed by atoms with Gasteiger partial charge in [0.1, 0.15) is 12.3 Å². The normalized spacial score (nSPS) is 11.2. The molecule has 0 radical (unpaired) electrons. The Morgan fingerprint density at radius 2 is 1.83 bits per heavy atom. The number of esters is 1. The summed E-state index contributed by atoms with van der Waals surface area (Å²) in [4.78, 5) is 46.2. The highest BCUT2D eigenvalue weighted by Gasteiger charge is 2.20. The van der Waals surface area contributed by atoms with Gasteiger partial charge in [-0.05, 0) is 37.3 Å². The van der Waals surface area contributed by atoms with E-state index >= 15 is 0 Å². The Bertz CT molecular complexity index is 963. The number of carbonyl (C=O) groups excluding carboxylic acids is 3. The van der Waals surface area contributed by atoms with Gasteiger partial charge < -0.3 is 20.1 Å². The van der Waals surface area contributed by atoms with Gasteiger partial charge >= 0.3 is 5.97 Å². The third kappa shape index (κ3) is 6.17. The van der Waals surface area contributed by atoms with Crippen molar-refractivity contribution in [2.24, 2.45) is 0 Å². The first-order chi connectivity index (χ1) is 14.2. The second-order valence-corrected chi connectivity index (χ2v) is 6.36. The fraction of sp³-hybridized carbons (Fsp3) is 0.211. The van der Waals surface area contributed by atoms with Gasteiger partial charge in [-0.25, -0.2) is 0 Å². The summed E-state index contributed by atoms with van der Waals surface area (Å²) in [6.45, 7) is 0.887. The van der Waals surface area contributed by atoms with Crippen LogP contribution in [0.2, 0.25) is 5.02 Å². The van der Waals surface area contributed by atoms with E-state index in [4.69, 9.17) is 21.1 Å². The maximum Gasteiger partial charge on any atom is 0.326 e. The number of benzene rings is 2. The number of anilines is 1. The van der Waals surface area contributed by atoms with Gasteiger partial charge in [0.05, 0.1) is 22.7 Å². The molecular weight excluding hydrogens is 418 g/mol. The van der Waals surface area contributed by atoms with Crippen LogP contribution in [0, 0.1) is 10.1 Å². The molecule has 0 aromatic heterocycles. The number of methoxy groups -OCH3 is 1. The van der Waals surface area contributed by atoms with Crippen LogP contribution in [0.15, 0.2) is 42.5 Å². The van der Waals surface area contributed by atoms with E-state index in [1.807, 2.05) is 0 Å². The lowest BCUT2D eigenvalue weighted by molar-refractivity contribution is -0.384. The maximum absolute atomic E-state index is 12.2. The van der Waals surface area contributed by atoms with E-state index in [9.17, 15) is 24.5 Å². The van der Waals surface area contributed by atoms with E-state index in [1.165, 1.54) is 38.3 Å². The van der Waals surface area contributed by atoms with E-state index in [2.05, 4.69) is 10.6 Å². The van der Waals surface area contributed by atoms with Gasteiger partial charge in [-0.2, -0.15) is 0 Å². The molecule has 0 heterocycles. The number of amides is 2. The Labute approximate surface area is 176 Å². The summed E-state index contributed by atoms with van der Waals surface area (Å²) in [7, 11) is 1.50. The highest BCUT2D eigenvalue weighted by molar-refractivity contribution is 6.34. The summed E-state index contributed by atoms with van der Waals surface area (Å²) in [5, 5.41) is 15.5. The minimum atomic E-state index is -1.19. The highest BCUT2D eigenvalue weighted by atomic mass is 35.5. The molecule has 0 bridgehead atoms. The van der Waals surface area contributed by atoms with Crippen molar-refractivity contribution < 1.29 is 28.8 Å². The van der Waals surface area contributed by atoms with E-state index in [0.717, 1.165) is 6.07 Å². The first kappa shape index (κ1) is 22.6. The molecule has 1 atom stereocenters. The van der Waals surface area contributed by atoms with Crippen molar-refractivity contribution in [3.8, 4) is 5.75 Å². The lowest BCUT2D eigenvalue weighted by Gasteiger charge is -2.14. The summed E-state index contributed by atoms with van der Waals surface area (Å²) in [6, 6.07) is 9.79. The Morgan fingerprint density at radius 3 is 2.40 bits per heavy atom. The predicted octanol–water partition coefficient (Wildman–Crippen LogP) is 2.56. The Kier molecular flexibility index (Phi) is 7.70. The van der Waals surface area contributed by atoms with Crippen LogP contribution in [0.5, 0.6) is 5.75 Å².